The summed E-state index contributed by atoms with van der Waals surface area (Å²) in [4.78, 5) is 36.6. The van der Waals surface area contributed by atoms with Crippen molar-refractivity contribution in [3.05, 3.63) is 65.2 Å². The highest BCUT2D eigenvalue weighted by Crippen LogP contribution is 2.32. The van der Waals surface area contributed by atoms with E-state index in [0.29, 0.717) is 29.4 Å². The molecule has 0 heterocycles. The quantitative estimate of drug-likeness (QED) is 0.481. The van der Waals surface area contributed by atoms with Crippen LogP contribution in [-0.2, 0) is 9.53 Å². The van der Waals surface area contributed by atoms with E-state index in [0.717, 1.165) is 0 Å². The van der Waals surface area contributed by atoms with Crippen LogP contribution in [0, 0.1) is 0 Å². The van der Waals surface area contributed by atoms with E-state index in [4.69, 9.17) is 9.47 Å². The first kappa shape index (κ1) is 22.5. The monoisotopic (exact) mass is 423 g/mol. The number of ether oxygens (including phenoxy) is 2. The lowest BCUT2D eigenvalue weighted by Crippen LogP contribution is -2.31. The molecule has 3 rings (SSSR count). The number of nitrogens with one attached hydrogen (secondary N) is 1. The summed E-state index contributed by atoms with van der Waals surface area (Å²) in [5, 5.41) is 2.50. The first-order valence-electron chi connectivity index (χ1n) is 10.9. The number of Topliss-reactive ketones (excluding diaryl/α,β-unsaturated/α-hetero) is 1. The van der Waals surface area contributed by atoms with Crippen LogP contribution in [0.2, 0.25) is 0 Å². The number of amides is 1. The number of carbonyl (C=O) groups excluding carboxylic acids is 3. The Morgan fingerprint density at radius 2 is 1.68 bits per heavy atom. The van der Waals surface area contributed by atoms with E-state index in [1.54, 1.807) is 36.4 Å². The fraction of sp³-hybridized carbons (Fsp3) is 0.400. The van der Waals surface area contributed by atoms with Gasteiger partial charge < -0.3 is 14.8 Å². The van der Waals surface area contributed by atoms with Crippen LogP contribution in [0.5, 0.6) is 5.75 Å². The summed E-state index contributed by atoms with van der Waals surface area (Å²) in [6, 6.07) is 14.4. The molecule has 1 fully saturated rings. The van der Waals surface area contributed by atoms with Gasteiger partial charge in [0.05, 0.1) is 12.2 Å². The molecule has 31 heavy (non-hydrogen) atoms. The topological polar surface area (TPSA) is 81.7 Å². The summed E-state index contributed by atoms with van der Waals surface area (Å²) in [5.41, 5.74) is 2.12. The van der Waals surface area contributed by atoms with E-state index >= 15 is 0 Å². The maximum absolute atomic E-state index is 12.3. The van der Waals surface area contributed by atoms with Crippen LogP contribution >= 0.6 is 0 Å². The van der Waals surface area contributed by atoms with Crippen LogP contribution in [0.1, 0.15) is 71.2 Å². The average Bonchev–Trinajstić information content (AvgIpc) is 2.82. The number of benzene rings is 2. The normalized spacial score (nSPS) is 14.0. The minimum absolute atomic E-state index is 0.267. The molecule has 1 aliphatic rings. The maximum Gasteiger partial charge on any atom is 0.325 e. The van der Waals surface area contributed by atoms with Gasteiger partial charge in [0.25, 0.3) is 5.91 Å². The Labute approximate surface area is 182 Å². The summed E-state index contributed by atoms with van der Waals surface area (Å²) in [5.74, 6) is -0.355. The lowest BCUT2D eigenvalue weighted by Gasteiger charge is -2.22. The minimum atomic E-state index is -0.672. The van der Waals surface area contributed by atoms with E-state index < -0.39 is 11.9 Å². The van der Waals surface area contributed by atoms with Crippen molar-refractivity contribution in [1.82, 2.24) is 5.32 Å². The smallest absolute Gasteiger partial charge is 0.325 e. The second-order valence-corrected chi connectivity index (χ2v) is 7.65. The van der Waals surface area contributed by atoms with Gasteiger partial charge in [-0.3, -0.25) is 14.4 Å². The van der Waals surface area contributed by atoms with Gasteiger partial charge in [-0.1, -0.05) is 55.7 Å². The lowest BCUT2D eigenvalue weighted by atomic mass is 9.84. The van der Waals surface area contributed by atoms with Gasteiger partial charge >= 0.3 is 5.97 Å². The van der Waals surface area contributed by atoms with Crippen molar-refractivity contribution in [3.8, 4) is 5.75 Å². The highest BCUT2D eigenvalue weighted by molar-refractivity contribution is 5.99. The molecule has 1 saturated carbocycles. The van der Waals surface area contributed by atoms with Crippen molar-refractivity contribution in [2.45, 2.75) is 44.9 Å². The third-order valence-electron chi connectivity index (χ3n) is 5.50. The molecule has 6 heteroatoms. The number of rotatable bonds is 9. The van der Waals surface area contributed by atoms with Crippen LogP contribution in [-0.4, -0.2) is 37.4 Å². The molecule has 1 N–H and O–H groups in total. The van der Waals surface area contributed by atoms with E-state index in [9.17, 15) is 14.4 Å². The van der Waals surface area contributed by atoms with Gasteiger partial charge in [-0.2, -0.15) is 0 Å². The molecular weight excluding hydrogens is 394 g/mol. The van der Waals surface area contributed by atoms with Crippen molar-refractivity contribution in [3.63, 3.8) is 0 Å². The van der Waals surface area contributed by atoms with Crippen LogP contribution in [0.15, 0.2) is 48.5 Å². The molecule has 0 aliphatic heterocycles. The van der Waals surface area contributed by atoms with E-state index in [-0.39, 0.29) is 18.9 Å². The zero-order valence-electron chi connectivity index (χ0n) is 17.9. The fourth-order valence-electron chi connectivity index (χ4n) is 3.84. The van der Waals surface area contributed by atoms with Crippen molar-refractivity contribution >= 4 is 17.7 Å². The molecule has 164 valence electrons. The molecule has 0 atom stereocenters. The molecule has 0 radical (unpaired) electrons. The Morgan fingerprint density at radius 3 is 2.39 bits per heavy atom. The second-order valence-electron chi connectivity index (χ2n) is 7.65. The predicted molar refractivity (Wildman–Crippen MR) is 118 cm³/mol. The van der Waals surface area contributed by atoms with Gasteiger partial charge in [0.15, 0.2) is 12.4 Å². The predicted octanol–water partition coefficient (Wildman–Crippen LogP) is 4.29. The molecule has 2 aromatic carbocycles. The third-order valence-corrected chi connectivity index (χ3v) is 5.50. The van der Waals surface area contributed by atoms with Gasteiger partial charge in [-0.15, -0.1) is 0 Å². The SMILES string of the molecule is CCOc1ccccc1C(=O)NCC(=O)OCC(=O)c1ccc(C2CCCCC2)cc1. The molecule has 2 aromatic rings. The second kappa shape index (κ2) is 11.3. The summed E-state index contributed by atoms with van der Waals surface area (Å²) in [6.07, 6.45) is 6.22. The van der Waals surface area contributed by atoms with Crippen molar-refractivity contribution in [2.75, 3.05) is 19.8 Å². The van der Waals surface area contributed by atoms with Gasteiger partial charge in [0.2, 0.25) is 0 Å². The Hall–Kier alpha value is -3.15. The highest BCUT2D eigenvalue weighted by atomic mass is 16.5. The zero-order chi connectivity index (χ0) is 22.1. The molecular formula is C25H29NO5. The molecule has 1 aliphatic carbocycles. The van der Waals surface area contributed by atoms with Crippen molar-refractivity contribution < 1.29 is 23.9 Å². The molecule has 6 nitrogen and oxygen atoms in total. The summed E-state index contributed by atoms with van der Waals surface area (Å²) >= 11 is 0. The number of hydrogen-bond donors (Lipinski definition) is 1. The van der Waals surface area contributed by atoms with Crippen LogP contribution in [0.4, 0.5) is 0 Å². The van der Waals surface area contributed by atoms with Crippen molar-refractivity contribution in [1.29, 1.82) is 0 Å². The molecule has 0 spiro atoms. The highest BCUT2D eigenvalue weighted by Gasteiger charge is 2.17. The number of esters is 1. The number of hydrogen-bond acceptors (Lipinski definition) is 5. The molecule has 0 bridgehead atoms. The number of ketones is 1. The third kappa shape index (κ3) is 6.41. The maximum atomic E-state index is 12.3. The van der Waals surface area contributed by atoms with Crippen LogP contribution in [0.3, 0.4) is 0 Å². The van der Waals surface area contributed by atoms with Crippen molar-refractivity contribution in [2.24, 2.45) is 0 Å². The summed E-state index contributed by atoms with van der Waals surface area (Å²) in [6.45, 7) is 1.57. The van der Waals surface area contributed by atoms with Gasteiger partial charge in [0, 0.05) is 5.56 Å². The number of carbonyl (C=O) groups is 3. The van der Waals surface area contributed by atoms with Gasteiger partial charge in [-0.25, -0.2) is 0 Å². The van der Waals surface area contributed by atoms with E-state index in [2.05, 4.69) is 5.32 Å². The Bertz CT molecular complexity index is 900. The standard InChI is InChI=1S/C25H29NO5/c1-2-30-23-11-7-6-10-21(23)25(29)26-16-24(28)31-17-22(27)20-14-12-19(13-15-20)18-8-4-3-5-9-18/h6-7,10-15,18H,2-5,8-9,16-17H2,1H3,(H,26,29). The Balaban J connectivity index is 1.45. The minimum Gasteiger partial charge on any atom is -0.493 e. The van der Waals surface area contributed by atoms with Crippen LogP contribution in [0.25, 0.3) is 0 Å². The summed E-state index contributed by atoms with van der Waals surface area (Å²) < 4.78 is 10.5. The molecule has 0 aromatic heterocycles. The summed E-state index contributed by atoms with van der Waals surface area (Å²) in [7, 11) is 0. The first-order chi connectivity index (χ1) is 15.1. The Morgan fingerprint density at radius 1 is 0.968 bits per heavy atom. The molecule has 0 saturated heterocycles. The first-order valence-corrected chi connectivity index (χ1v) is 10.9. The fourth-order valence-corrected chi connectivity index (χ4v) is 3.84. The number of para-hydroxylation sites is 1. The van der Waals surface area contributed by atoms with Crippen LogP contribution < -0.4 is 10.1 Å². The Kier molecular flexibility index (Phi) is 8.21. The molecule has 0 unspecified atom stereocenters. The molecule has 1 amide bonds. The van der Waals surface area contributed by atoms with Gasteiger partial charge in [-0.05, 0) is 43.4 Å². The zero-order valence-corrected chi connectivity index (χ0v) is 17.9. The van der Waals surface area contributed by atoms with Gasteiger partial charge in [0.1, 0.15) is 12.3 Å². The largest absolute Gasteiger partial charge is 0.493 e. The van der Waals surface area contributed by atoms with E-state index in [1.165, 1.54) is 37.7 Å². The van der Waals surface area contributed by atoms with E-state index in [1.807, 2.05) is 19.1 Å². The lowest BCUT2D eigenvalue weighted by molar-refractivity contribution is -0.141. The average molecular weight is 424 g/mol.